The van der Waals surface area contributed by atoms with Gasteiger partial charge in [0.15, 0.2) is 0 Å². The smallest absolute Gasteiger partial charge is 0.242 e. The number of hydrogen-bond acceptors (Lipinski definition) is 3. The Bertz CT molecular complexity index is 609. The zero-order chi connectivity index (χ0) is 13.6. The number of rotatable bonds is 4. The summed E-state index contributed by atoms with van der Waals surface area (Å²) in [7, 11) is -3.75. The van der Waals surface area contributed by atoms with E-state index in [0.717, 1.165) is 5.56 Å². The van der Waals surface area contributed by atoms with Crippen LogP contribution in [0.1, 0.15) is 18.4 Å². The lowest BCUT2D eigenvalue weighted by Crippen LogP contribution is -2.46. The molecule has 0 bridgehead atoms. The van der Waals surface area contributed by atoms with E-state index in [-0.39, 0.29) is 4.90 Å². The summed E-state index contributed by atoms with van der Waals surface area (Å²) in [6.07, 6.45) is 0.899. The van der Waals surface area contributed by atoms with Gasteiger partial charge in [-0.25, -0.2) is 8.42 Å². The molecule has 0 heterocycles. The Morgan fingerprint density at radius 2 is 2.06 bits per heavy atom. The highest BCUT2D eigenvalue weighted by molar-refractivity contribution is 9.10. The maximum Gasteiger partial charge on any atom is 0.242 e. The molecule has 98 valence electrons. The van der Waals surface area contributed by atoms with Gasteiger partial charge in [0, 0.05) is 4.47 Å². The number of carbonyl (C=O) groups excluding carboxylic acids is 1. The van der Waals surface area contributed by atoms with Gasteiger partial charge >= 0.3 is 0 Å². The van der Waals surface area contributed by atoms with Crippen molar-refractivity contribution in [2.75, 3.05) is 0 Å². The Morgan fingerprint density at radius 1 is 1.44 bits per heavy atom. The number of sulfonamides is 1. The first-order valence-corrected chi connectivity index (χ1v) is 7.65. The van der Waals surface area contributed by atoms with Crippen LogP contribution in [0.25, 0.3) is 0 Å². The zero-order valence-corrected chi connectivity index (χ0v) is 12.1. The van der Waals surface area contributed by atoms with Crippen LogP contribution < -0.4 is 10.5 Å². The maximum atomic E-state index is 12.2. The van der Waals surface area contributed by atoms with Gasteiger partial charge in [0.2, 0.25) is 15.9 Å². The number of amides is 1. The third-order valence-corrected chi connectivity index (χ3v) is 5.89. The second-order valence-corrected chi connectivity index (χ2v) is 6.88. The molecule has 5 nitrogen and oxygen atoms in total. The normalized spacial score (nSPS) is 17.4. The van der Waals surface area contributed by atoms with E-state index in [1.807, 2.05) is 0 Å². The minimum atomic E-state index is -3.75. The number of nitrogens with two attached hydrogens (primary N) is 1. The van der Waals surface area contributed by atoms with E-state index >= 15 is 0 Å². The summed E-state index contributed by atoms with van der Waals surface area (Å²) >= 11 is 3.25. The molecular weight excluding hydrogens is 320 g/mol. The number of primary amides is 1. The molecule has 0 saturated heterocycles. The molecule has 2 rings (SSSR count). The summed E-state index contributed by atoms with van der Waals surface area (Å²) in [4.78, 5) is 11.3. The van der Waals surface area contributed by atoms with Crippen molar-refractivity contribution in [3.8, 4) is 0 Å². The monoisotopic (exact) mass is 332 g/mol. The first kappa shape index (κ1) is 13.5. The molecule has 0 aromatic heterocycles. The molecular formula is C11H13BrN2O3S. The van der Waals surface area contributed by atoms with Gasteiger partial charge in [0.1, 0.15) is 5.54 Å². The standard InChI is InChI=1S/C11H13BrN2O3S/c1-7-3-2-4-8(9(7)12)18(16,17)14-11(5-6-11)10(13)15/h2-4,14H,5-6H2,1H3,(H2,13,15). The van der Waals surface area contributed by atoms with E-state index in [9.17, 15) is 13.2 Å². The summed E-state index contributed by atoms with van der Waals surface area (Å²) in [5.74, 6) is -0.630. The molecule has 18 heavy (non-hydrogen) atoms. The van der Waals surface area contributed by atoms with E-state index in [1.54, 1.807) is 19.1 Å². The average Bonchev–Trinajstić information content (AvgIpc) is 3.02. The highest BCUT2D eigenvalue weighted by atomic mass is 79.9. The van der Waals surface area contributed by atoms with Gasteiger partial charge in [0.25, 0.3) is 0 Å². The zero-order valence-electron chi connectivity index (χ0n) is 9.73. The SMILES string of the molecule is Cc1cccc(S(=O)(=O)NC2(C(N)=O)CC2)c1Br. The predicted molar refractivity (Wildman–Crippen MR) is 70.4 cm³/mol. The highest BCUT2D eigenvalue weighted by Crippen LogP contribution is 2.37. The number of carbonyl (C=O) groups is 1. The molecule has 1 amide bonds. The lowest BCUT2D eigenvalue weighted by molar-refractivity contribution is -0.120. The molecule has 3 N–H and O–H groups in total. The van der Waals surface area contributed by atoms with Crippen LogP contribution in [0.2, 0.25) is 0 Å². The van der Waals surface area contributed by atoms with Gasteiger partial charge < -0.3 is 5.73 Å². The molecule has 0 unspecified atom stereocenters. The molecule has 1 aliphatic carbocycles. The van der Waals surface area contributed by atoms with Gasteiger partial charge in [-0.2, -0.15) is 4.72 Å². The van der Waals surface area contributed by atoms with Crippen LogP contribution in [0, 0.1) is 6.92 Å². The summed E-state index contributed by atoms with van der Waals surface area (Å²) in [5, 5.41) is 0. The van der Waals surface area contributed by atoms with Gasteiger partial charge in [-0.05, 0) is 47.3 Å². The molecule has 1 aromatic carbocycles. The van der Waals surface area contributed by atoms with Crippen LogP contribution in [0.5, 0.6) is 0 Å². The Balaban J connectivity index is 2.38. The second kappa shape index (κ2) is 4.32. The molecule has 1 saturated carbocycles. The van der Waals surface area contributed by atoms with Gasteiger partial charge in [-0.15, -0.1) is 0 Å². The van der Waals surface area contributed by atoms with E-state index in [4.69, 9.17) is 5.73 Å². The summed E-state index contributed by atoms with van der Waals surface area (Å²) in [6.45, 7) is 1.80. The lowest BCUT2D eigenvalue weighted by atomic mass is 10.2. The quantitative estimate of drug-likeness (QED) is 0.863. The van der Waals surface area contributed by atoms with E-state index in [1.165, 1.54) is 6.07 Å². The Morgan fingerprint density at radius 3 is 2.56 bits per heavy atom. The molecule has 1 fully saturated rings. The second-order valence-electron chi connectivity index (χ2n) is 4.44. The van der Waals surface area contributed by atoms with Gasteiger partial charge in [0.05, 0.1) is 4.90 Å². The topological polar surface area (TPSA) is 89.3 Å². The van der Waals surface area contributed by atoms with Crippen LogP contribution in [0.4, 0.5) is 0 Å². The van der Waals surface area contributed by atoms with Crippen LogP contribution in [0.3, 0.4) is 0 Å². The third-order valence-electron chi connectivity index (χ3n) is 3.00. The van der Waals surface area contributed by atoms with Crippen molar-refractivity contribution in [3.63, 3.8) is 0 Å². The van der Waals surface area contributed by atoms with Crippen LogP contribution >= 0.6 is 15.9 Å². The van der Waals surface area contributed by atoms with E-state index in [0.29, 0.717) is 17.3 Å². The van der Waals surface area contributed by atoms with Gasteiger partial charge in [-0.1, -0.05) is 12.1 Å². The Labute approximate surface area is 114 Å². The number of hydrogen-bond donors (Lipinski definition) is 2. The summed E-state index contributed by atoms with van der Waals surface area (Å²) < 4.78 is 27.3. The average molecular weight is 333 g/mol. The van der Waals surface area contributed by atoms with Crippen molar-refractivity contribution >= 4 is 31.9 Å². The fourth-order valence-corrected chi connectivity index (χ4v) is 4.15. The number of nitrogens with one attached hydrogen (secondary N) is 1. The fraction of sp³-hybridized carbons (Fsp3) is 0.364. The molecule has 1 aromatic rings. The largest absolute Gasteiger partial charge is 0.368 e. The molecule has 7 heteroatoms. The highest BCUT2D eigenvalue weighted by Gasteiger charge is 2.51. The maximum absolute atomic E-state index is 12.2. The first-order chi connectivity index (χ1) is 8.28. The van der Waals surface area contributed by atoms with Crippen molar-refractivity contribution < 1.29 is 13.2 Å². The lowest BCUT2D eigenvalue weighted by Gasteiger charge is -2.15. The van der Waals surface area contributed by atoms with Crippen molar-refractivity contribution in [3.05, 3.63) is 28.2 Å². The van der Waals surface area contributed by atoms with Crippen LogP contribution in [-0.2, 0) is 14.8 Å². The van der Waals surface area contributed by atoms with Crippen molar-refractivity contribution in [1.29, 1.82) is 0 Å². The van der Waals surface area contributed by atoms with E-state index < -0.39 is 21.5 Å². The number of halogens is 1. The molecule has 0 atom stereocenters. The minimum absolute atomic E-state index is 0.120. The van der Waals surface area contributed by atoms with Crippen molar-refractivity contribution in [1.82, 2.24) is 4.72 Å². The Kier molecular flexibility index (Phi) is 3.25. The fourth-order valence-electron chi connectivity index (χ4n) is 1.66. The molecule has 0 radical (unpaired) electrons. The van der Waals surface area contributed by atoms with Crippen LogP contribution in [0.15, 0.2) is 27.6 Å². The van der Waals surface area contributed by atoms with Crippen molar-refractivity contribution in [2.45, 2.75) is 30.2 Å². The summed E-state index contributed by atoms with van der Waals surface area (Å²) in [5.41, 5.74) is 4.92. The minimum Gasteiger partial charge on any atom is -0.368 e. The first-order valence-electron chi connectivity index (χ1n) is 5.37. The number of benzene rings is 1. The Hall–Kier alpha value is -0.920. The van der Waals surface area contributed by atoms with Crippen LogP contribution in [-0.4, -0.2) is 19.9 Å². The predicted octanol–water partition coefficient (Wildman–Crippen LogP) is 1.05. The van der Waals surface area contributed by atoms with E-state index in [2.05, 4.69) is 20.7 Å². The number of aryl methyl sites for hydroxylation is 1. The van der Waals surface area contributed by atoms with Gasteiger partial charge in [-0.3, -0.25) is 4.79 Å². The molecule has 0 spiro atoms. The van der Waals surface area contributed by atoms with Crippen molar-refractivity contribution in [2.24, 2.45) is 5.73 Å². The third kappa shape index (κ3) is 2.30. The summed E-state index contributed by atoms with van der Waals surface area (Å²) in [6, 6.07) is 4.93. The molecule has 0 aliphatic heterocycles. The molecule has 1 aliphatic rings.